The van der Waals surface area contributed by atoms with Crippen LogP contribution in [0.5, 0.6) is 0 Å². The first kappa shape index (κ1) is 20.7. The molecule has 2 aromatic carbocycles. The van der Waals surface area contributed by atoms with Crippen LogP contribution in [0.4, 0.5) is 5.13 Å². The molecule has 156 valence electrons. The van der Waals surface area contributed by atoms with E-state index in [1.54, 1.807) is 17.4 Å². The summed E-state index contributed by atoms with van der Waals surface area (Å²) in [5.74, 6) is -0.0399. The van der Waals surface area contributed by atoms with Gasteiger partial charge in [-0.3, -0.25) is 14.6 Å². The first-order valence-electron chi connectivity index (χ1n) is 10.5. The highest BCUT2D eigenvalue weighted by Crippen LogP contribution is 2.30. The van der Waals surface area contributed by atoms with Crippen molar-refractivity contribution in [2.24, 2.45) is 0 Å². The molecule has 4 rings (SSSR count). The van der Waals surface area contributed by atoms with Crippen molar-refractivity contribution in [3.8, 4) is 0 Å². The highest BCUT2D eigenvalue weighted by atomic mass is 32.1. The maximum Gasteiger partial charge on any atom is 0.252 e. The quantitative estimate of drug-likeness (QED) is 0.536. The van der Waals surface area contributed by atoms with Gasteiger partial charge in [-0.25, -0.2) is 4.98 Å². The minimum atomic E-state index is -0.0399. The molecule has 0 atom stereocenters. The largest absolute Gasteiger partial charge is 0.379 e. The molecule has 1 aliphatic rings. The number of aromatic nitrogens is 1. The Morgan fingerprint density at radius 2 is 2.00 bits per heavy atom. The minimum Gasteiger partial charge on any atom is -0.379 e. The van der Waals surface area contributed by atoms with Gasteiger partial charge in [0.1, 0.15) is 0 Å². The number of thiazole rings is 1. The second-order valence-corrected chi connectivity index (χ2v) is 8.35. The lowest BCUT2D eigenvalue weighted by molar-refractivity contribution is -0.114. The van der Waals surface area contributed by atoms with Gasteiger partial charge in [-0.05, 0) is 35.8 Å². The number of hydrogen-bond acceptors (Lipinski definition) is 5. The summed E-state index contributed by atoms with van der Waals surface area (Å²) in [5, 5.41) is 0.759. The molecule has 0 unspecified atom stereocenters. The average molecular weight is 422 g/mol. The molecule has 2 heterocycles. The second kappa shape index (κ2) is 9.98. The topological polar surface area (TPSA) is 45.7 Å². The van der Waals surface area contributed by atoms with E-state index in [9.17, 15) is 4.79 Å². The Bertz CT molecular complexity index is 1010. The van der Waals surface area contributed by atoms with Crippen LogP contribution in [0.1, 0.15) is 18.1 Å². The summed E-state index contributed by atoms with van der Waals surface area (Å²) in [4.78, 5) is 22.1. The maximum absolute atomic E-state index is 13.2. The van der Waals surface area contributed by atoms with Gasteiger partial charge in [-0.15, -0.1) is 0 Å². The van der Waals surface area contributed by atoms with E-state index < -0.39 is 0 Å². The highest BCUT2D eigenvalue weighted by molar-refractivity contribution is 7.22. The fourth-order valence-corrected chi connectivity index (χ4v) is 4.54. The number of amides is 1. The number of rotatable bonds is 7. The van der Waals surface area contributed by atoms with Crippen LogP contribution in [-0.4, -0.2) is 55.2 Å². The molecule has 0 bridgehead atoms. The van der Waals surface area contributed by atoms with E-state index in [0.717, 1.165) is 60.2 Å². The predicted molar refractivity (Wildman–Crippen MR) is 124 cm³/mol. The number of hydrogen-bond donors (Lipinski definition) is 0. The SMILES string of the molecule is CCc1ccc2nc(N(CCN3CCOCC3)C(=O)/C=C/c3ccccc3)sc2c1. The fraction of sp³-hybridized carbons (Fsp3) is 0.333. The summed E-state index contributed by atoms with van der Waals surface area (Å²) in [6, 6.07) is 16.2. The normalized spacial score (nSPS) is 15.1. The Morgan fingerprint density at radius 3 is 2.77 bits per heavy atom. The molecule has 0 saturated carbocycles. The fourth-order valence-electron chi connectivity index (χ4n) is 3.48. The summed E-state index contributed by atoms with van der Waals surface area (Å²) in [6.45, 7) is 6.88. The van der Waals surface area contributed by atoms with Crippen molar-refractivity contribution in [3.63, 3.8) is 0 Å². The van der Waals surface area contributed by atoms with Crippen LogP contribution >= 0.6 is 11.3 Å². The molecule has 1 saturated heterocycles. The number of carbonyl (C=O) groups excluding carboxylic acids is 1. The molecule has 1 aliphatic heterocycles. The van der Waals surface area contributed by atoms with E-state index >= 15 is 0 Å². The molecule has 0 spiro atoms. The number of morpholine rings is 1. The van der Waals surface area contributed by atoms with Gasteiger partial charge < -0.3 is 4.74 Å². The molecule has 5 nitrogen and oxygen atoms in total. The lowest BCUT2D eigenvalue weighted by Gasteiger charge is -2.28. The monoisotopic (exact) mass is 421 g/mol. The van der Waals surface area contributed by atoms with Gasteiger partial charge in [-0.2, -0.15) is 0 Å². The number of aryl methyl sites for hydroxylation is 1. The van der Waals surface area contributed by atoms with Crippen molar-refractivity contribution in [2.75, 3.05) is 44.3 Å². The molecule has 0 N–H and O–H groups in total. The Hall–Kier alpha value is -2.54. The third-order valence-corrected chi connectivity index (χ3v) is 6.35. The van der Waals surface area contributed by atoms with E-state index in [-0.39, 0.29) is 5.91 Å². The van der Waals surface area contributed by atoms with Crippen LogP contribution in [0.25, 0.3) is 16.3 Å². The predicted octanol–water partition coefficient (Wildman–Crippen LogP) is 4.24. The Balaban J connectivity index is 1.57. The molecule has 3 aromatic rings. The number of anilines is 1. The molecule has 0 aliphatic carbocycles. The summed E-state index contributed by atoms with van der Waals surface area (Å²) in [5.41, 5.74) is 3.24. The number of ether oxygens (including phenoxy) is 1. The van der Waals surface area contributed by atoms with Crippen molar-refractivity contribution in [2.45, 2.75) is 13.3 Å². The molecule has 1 amide bonds. The molecule has 30 heavy (non-hydrogen) atoms. The Morgan fingerprint density at radius 1 is 1.20 bits per heavy atom. The lowest BCUT2D eigenvalue weighted by atomic mass is 10.2. The van der Waals surface area contributed by atoms with Gasteiger partial charge in [-0.1, -0.05) is 54.7 Å². The lowest BCUT2D eigenvalue weighted by Crippen LogP contribution is -2.42. The third-order valence-electron chi connectivity index (χ3n) is 5.31. The van der Waals surface area contributed by atoms with Crippen molar-refractivity contribution in [1.82, 2.24) is 9.88 Å². The van der Waals surface area contributed by atoms with Gasteiger partial charge >= 0.3 is 0 Å². The first-order chi connectivity index (χ1) is 14.7. The first-order valence-corrected chi connectivity index (χ1v) is 11.3. The molecular formula is C24H27N3O2S. The number of carbonyl (C=O) groups is 1. The zero-order valence-corrected chi connectivity index (χ0v) is 18.1. The molecule has 1 aromatic heterocycles. The van der Waals surface area contributed by atoms with Crippen LogP contribution in [0.15, 0.2) is 54.6 Å². The van der Waals surface area contributed by atoms with Gasteiger partial charge in [0.05, 0.1) is 23.4 Å². The zero-order valence-electron chi connectivity index (χ0n) is 17.3. The van der Waals surface area contributed by atoms with Crippen molar-refractivity contribution >= 4 is 38.7 Å². The summed E-state index contributed by atoms with van der Waals surface area (Å²) < 4.78 is 6.57. The number of nitrogens with zero attached hydrogens (tertiary/aromatic N) is 3. The van der Waals surface area contributed by atoms with Gasteiger partial charge in [0, 0.05) is 32.3 Å². The average Bonchev–Trinajstić information content (AvgIpc) is 3.22. The van der Waals surface area contributed by atoms with Crippen LogP contribution in [-0.2, 0) is 16.0 Å². The third kappa shape index (κ3) is 5.14. The zero-order chi connectivity index (χ0) is 20.8. The van der Waals surface area contributed by atoms with Gasteiger partial charge in [0.15, 0.2) is 5.13 Å². The standard InChI is InChI=1S/C24H27N3O2S/c1-2-19-8-10-21-22(18-19)30-24(25-21)27(13-12-26-14-16-29-17-15-26)23(28)11-9-20-6-4-3-5-7-20/h3-11,18H,2,12-17H2,1H3/b11-9+. The van der Waals surface area contributed by atoms with Crippen molar-refractivity contribution in [3.05, 3.63) is 65.7 Å². The minimum absolute atomic E-state index is 0.0399. The van der Waals surface area contributed by atoms with Crippen molar-refractivity contribution in [1.29, 1.82) is 0 Å². The molecular weight excluding hydrogens is 394 g/mol. The molecule has 6 heteroatoms. The van der Waals surface area contributed by atoms with Crippen LogP contribution < -0.4 is 4.90 Å². The number of fused-ring (bicyclic) bond motifs is 1. The Kier molecular flexibility index (Phi) is 6.89. The smallest absolute Gasteiger partial charge is 0.252 e. The van der Waals surface area contributed by atoms with E-state index in [0.29, 0.717) is 6.54 Å². The van der Waals surface area contributed by atoms with Crippen LogP contribution in [0.3, 0.4) is 0 Å². The maximum atomic E-state index is 13.2. The van der Waals surface area contributed by atoms with Crippen LogP contribution in [0.2, 0.25) is 0 Å². The van der Waals surface area contributed by atoms with Crippen LogP contribution in [0, 0.1) is 0 Å². The van der Waals surface area contributed by atoms with E-state index in [1.165, 1.54) is 5.56 Å². The van der Waals surface area contributed by atoms with E-state index in [2.05, 4.69) is 30.0 Å². The van der Waals surface area contributed by atoms with E-state index in [1.807, 2.05) is 41.3 Å². The molecule has 0 radical (unpaired) electrons. The summed E-state index contributed by atoms with van der Waals surface area (Å²) in [7, 11) is 0. The second-order valence-electron chi connectivity index (χ2n) is 7.34. The van der Waals surface area contributed by atoms with Gasteiger partial charge in [0.2, 0.25) is 0 Å². The Labute approximate surface area is 181 Å². The van der Waals surface area contributed by atoms with Crippen molar-refractivity contribution < 1.29 is 9.53 Å². The molecule has 1 fully saturated rings. The highest BCUT2D eigenvalue weighted by Gasteiger charge is 2.20. The summed E-state index contributed by atoms with van der Waals surface area (Å²) in [6.07, 6.45) is 4.51. The number of benzene rings is 2. The summed E-state index contributed by atoms with van der Waals surface area (Å²) >= 11 is 1.59. The van der Waals surface area contributed by atoms with E-state index in [4.69, 9.17) is 9.72 Å². The van der Waals surface area contributed by atoms with Gasteiger partial charge in [0.25, 0.3) is 5.91 Å².